The van der Waals surface area contributed by atoms with E-state index in [-0.39, 0.29) is 16.3 Å². The van der Waals surface area contributed by atoms with Crippen LogP contribution in [0.5, 0.6) is 11.5 Å². The summed E-state index contributed by atoms with van der Waals surface area (Å²) in [6, 6.07) is 21.3. The number of hydrogen-bond donors (Lipinski definition) is 0. The molecular formula is C23H19ClN2O3. The Kier molecular flexibility index (Phi) is 5.60. The van der Waals surface area contributed by atoms with Crippen LogP contribution in [0.2, 0.25) is 5.02 Å². The van der Waals surface area contributed by atoms with E-state index in [1.165, 1.54) is 10.9 Å². The van der Waals surface area contributed by atoms with Crippen molar-refractivity contribution in [1.82, 2.24) is 9.78 Å². The molecule has 0 unspecified atom stereocenters. The zero-order valence-corrected chi connectivity index (χ0v) is 16.6. The number of aromatic nitrogens is 2. The Labute approximate surface area is 173 Å². The molecule has 0 fully saturated rings. The van der Waals surface area contributed by atoms with E-state index in [0.717, 1.165) is 21.9 Å². The minimum Gasteiger partial charge on any atom is -0.450 e. The maximum Gasteiger partial charge on any atom is 0.311 e. The highest BCUT2D eigenvalue weighted by Gasteiger charge is 2.14. The number of benzene rings is 3. The van der Waals surface area contributed by atoms with Gasteiger partial charge < -0.3 is 9.47 Å². The molecule has 0 atom stereocenters. The summed E-state index contributed by atoms with van der Waals surface area (Å²) >= 11 is 6.21. The predicted molar refractivity (Wildman–Crippen MR) is 114 cm³/mol. The normalized spacial score (nSPS) is 11.0. The molecule has 0 radical (unpaired) electrons. The third-order valence-corrected chi connectivity index (χ3v) is 4.88. The van der Waals surface area contributed by atoms with E-state index in [0.29, 0.717) is 18.9 Å². The smallest absolute Gasteiger partial charge is 0.311 e. The minimum atomic E-state index is -0.383. The zero-order chi connectivity index (χ0) is 20.2. The molecule has 4 rings (SSSR count). The molecule has 29 heavy (non-hydrogen) atoms. The number of rotatable bonds is 6. The number of fused-ring (bicyclic) bond motifs is 1. The van der Waals surface area contributed by atoms with Crippen LogP contribution >= 0.6 is 11.6 Å². The topological polar surface area (TPSA) is 53.4 Å². The Morgan fingerprint density at radius 2 is 1.76 bits per heavy atom. The van der Waals surface area contributed by atoms with Gasteiger partial charge in [-0.2, -0.15) is 5.10 Å². The van der Waals surface area contributed by atoms with Crippen molar-refractivity contribution in [3.05, 3.63) is 99.4 Å². The van der Waals surface area contributed by atoms with Gasteiger partial charge in [-0.3, -0.25) is 4.79 Å². The highest BCUT2D eigenvalue weighted by atomic mass is 35.5. The Hall–Kier alpha value is -3.15. The van der Waals surface area contributed by atoms with Crippen LogP contribution in [0.25, 0.3) is 10.8 Å². The highest BCUT2D eigenvalue weighted by Crippen LogP contribution is 2.26. The van der Waals surface area contributed by atoms with Crippen molar-refractivity contribution < 1.29 is 9.47 Å². The fraction of sp³-hybridized carbons (Fsp3) is 0.130. The molecule has 4 aromatic rings. The maximum absolute atomic E-state index is 13.0. The summed E-state index contributed by atoms with van der Waals surface area (Å²) in [6.45, 7) is 0.828. The summed E-state index contributed by atoms with van der Waals surface area (Å²) in [5.41, 5.74) is 1.62. The van der Waals surface area contributed by atoms with Gasteiger partial charge in [0.15, 0.2) is 0 Å². The van der Waals surface area contributed by atoms with Crippen molar-refractivity contribution in [3.63, 3.8) is 0 Å². The molecule has 1 heterocycles. The Morgan fingerprint density at radius 3 is 2.55 bits per heavy atom. The predicted octanol–water partition coefficient (Wildman–Crippen LogP) is 5.04. The van der Waals surface area contributed by atoms with E-state index in [9.17, 15) is 4.79 Å². The molecule has 0 aliphatic carbocycles. The fourth-order valence-corrected chi connectivity index (χ4v) is 3.35. The fourth-order valence-electron chi connectivity index (χ4n) is 3.19. The van der Waals surface area contributed by atoms with Crippen LogP contribution < -0.4 is 10.3 Å². The van der Waals surface area contributed by atoms with Gasteiger partial charge in [0, 0.05) is 7.11 Å². The maximum atomic E-state index is 13.0. The standard InChI is InChI=1S/C23H19ClN2O3/c1-28-15-16-9-11-19(12-10-16)29-22-21(24)13-25-26(23(22)27)14-18-7-4-6-17-5-2-3-8-20(17)18/h2-13H,14-15H2,1H3. The third kappa shape index (κ3) is 4.16. The van der Waals surface area contributed by atoms with Gasteiger partial charge in [0.2, 0.25) is 5.75 Å². The van der Waals surface area contributed by atoms with E-state index < -0.39 is 0 Å². The van der Waals surface area contributed by atoms with E-state index >= 15 is 0 Å². The first kappa shape index (κ1) is 19.2. The van der Waals surface area contributed by atoms with E-state index in [4.69, 9.17) is 21.1 Å². The molecule has 1 aromatic heterocycles. The molecule has 146 valence electrons. The summed E-state index contributed by atoms with van der Waals surface area (Å²) in [4.78, 5) is 13.0. The molecule has 0 N–H and O–H groups in total. The van der Waals surface area contributed by atoms with Gasteiger partial charge >= 0.3 is 5.56 Å². The number of hydrogen-bond acceptors (Lipinski definition) is 4. The summed E-state index contributed by atoms with van der Waals surface area (Å²) in [6.07, 6.45) is 1.43. The van der Waals surface area contributed by atoms with Gasteiger partial charge in [0.1, 0.15) is 10.8 Å². The van der Waals surface area contributed by atoms with Crippen LogP contribution in [-0.2, 0) is 17.9 Å². The lowest BCUT2D eigenvalue weighted by atomic mass is 10.0. The van der Waals surface area contributed by atoms with Crippen molar-refractivity contribution in [1.29, 1.82) is 0 Å². The average molecular weight is 407 g/mol. The lowest BCUT2D eigenvalue weighted by Gasteiger charge is -2.12. The highest BCUT2D eigenvalue weighted by molar-refractivity contribution is 6.31. The van der Waals surface area contributed by atoms with Crippen LogP contribution in [0, 0.1) is 0 Å². The van der Waals surface area contributed by atoms with Crippen LogP contribution in [0.15, 0.2) is 77.7 Å². The van der Waals surface area contributed by atoms with Crippen LogP contribution in [0.4, 0.5) is 0 Å². The first-order chi connectivity index (χ1) is 14.2. The summed E-state index contributed by atoms with van der Waals surface area (Å²) in [5.74, 6) is 0.577. The second-order valence-corrected chi connectivity index (χ2v) is 7.01. The van der Waals surface area contributed by atoms with Crippen molar-refractivity contribution >= 4 is 22.4 Å². The van der Waals surface area contributed by atoms with Gasteiger partial charge in [-0.05, 0) is 34.0 Å². The Bertz CT molecular complexity index is 1200. The molecule has 0 aliphatic rings. The van der Waals surface area contributed by atoms with Gasteiger partial charge in [-0.15, -0.1) is 0 Å². The quantitative estimate of drug-likeness (QED) is 0.450. The van der Waals surface area contributed by atoms with Gasteiger partial charge in [0.25, 0.3) is 0 Å². The summed E-state index contributed by atoms with van der Waals surface area (Å²) in [5, 5.41) is 6.56. The number of halogens is 1. The summed E-state index contributed by atoms with van der Waals surface area (Å²) < 4.78 is 12.3. The molecule has 3 aromatic carbocycles. The first-order valence-electron chi connectivity index (χ1n) is 9.13. The number of ether oxygens (including phenoxy) is 2. The molecule has 0 aliphatic heterocycles. The van der Waals surface area contributed by atoms with Crippen LogP contribution in [0.1, 0.15) is 11.1 Å². The second kappa shape index (κ2) is 8.47. The van der Waals surface area contributed by atoms with Crippen molar-refractivity contribution in [2.45, 2.75) is 13.2 Å². The van der Waals surface area contributed by atoms with E-state index in [1.54, 1.807) is 19.2 Å². The molecule has 5 nitrogen and oxygen atoms in total. The molecule has 0 spiro atoms. The monoisotopic (exact) mass is 406 g/mol. The van der Waals surface area contributed by atoms with E-state index in [1.807, 2.05) is 54.6 Å². The summed E-state index contributed by atoms with van der Waals surface area (Å²) in [7, 11) is 1.64. The van der Waals surface area contributed by atoms with Crippen molar-refractivity contribution in [2.24, 2.45) is 0 Å². The Balaban J connectivity index is 1.65. The van der Waals surface area contributed by atoms with Gasteiger partial charge in [0.05, 0.1) is 19.3 Å². The van der Waals surface area contributed by atoms with Crippen LogP contribution in [0.3, 0.4) is 0 Å². The molecule has 0 bridgehead atoms. The molecule has 6 heteroatoms. The van der Waals surface area contributed by atoms with Crippen molar-refractivity contribution in [3.8, 4) is 11.5 Å². The third-order valence-electron chi connectivity index (χ3n) is 4.61. The molecule has 0 saturated carbocycles. The second-order valence-electron chi connectivity index (χ2n) is 6.60. The van der Waals surface area contributed by atoms with Gasteiger partial charge in [-0.1, -0.05) is 66.2 Å². The zero-order valence-electron chi connectivity index (χ0n) is 15.8. The number of methoxy groups -OCH3 is 1. The lowest BCUT2D eigenvalue weighted by molar-refractivity contribution is 0.185. The Morgan fingerprint density at radius 1 is 1.00 bits per heavy atom. The van der Waals surface area contributed by atoms with Crippen LogP contribution in [-0.4, -0.2) is 16.9 Å². The largest absolute Gasteiger partial charge is 0.450 e. The molecule has 0 amide bonds. The number of nitrogens with zero attached hydrogens (tertiary/aromatic N) is 2. The van der Waals surface area contributed by atoms with Crippen molar-refractivity contribution in [2.75, 3.05) is 7.11 Å². The van der Waals surface area contributed by atoms with E-state index in [2.05, 4.69) is 5.10 Å². The molecular weight excluding hydrogens is 388 g/mol. The average Bonchev–Trinajstić information content (AvgIpc) is 2.75. The lowest BCUT2D eigenvalue weighted by Crippen LogP contribution is -2.24. The first-order valence-corrected chi connectivity index (χ1v) is 9.51. The van der Waals surface area contributed by atoms with Gasteiger partial charge in [-0.25, -0.2) is 4.68 Å². The molecule has 0 saturated heterocycles. The minimum absolute atomic E-state index is 0.0568. The SMILES string of the molecule is COCc1ccc(Oc2c(Cl)cnn(Cc3cccc4ccccc34)c2=O)cc1.